The molecule has 0 saturated heterocycles. The lowest BCUT2D eigenvalue weighted by molar-refractivity contribution is -0.129. The monoisotopic (exact) mass is 309 g/mol. The van der Waals surface area contributed by atoms with E-state index in [9.17, 15) is 4.79 Å². The van der Waals surface area contributed by atoms with Crippen LogP contribution in [-0.2, 0) is 4.79 Å². The smallest absolute Gasteiger partial charge is 0.155 e. The maximum absolute atomic E-state index is 12.8. The average molecular weight is 310 g/mol. The third-order valence-electron chi connectivity index (χ3n) is 5.51. The molecule has 2 rings (SSSR count). The molecule has 0 aromatic carbocycles. The molecule has 0 aromatic rings. The van der Waals surface area contributed by atoms with E-state index in [-0.39, 0.29) is 24.4 Å². The number of rotatable bonds is 5. The van der Waals surface area contributed by atoms with Crippen molar-refractivity contribution in [3.63, 3.8) is 0 Å². The molecule has 0 heterocycles. The van der Waals surface area contributed by atoms with E-state index in [1.807, 2.05) is 20.8 Å². The summed E-state index contributed by atoms with van der Waals surface area (Å²) in [6.45, 7) is 12.6. The maximum atomic E-state index is 12.8. The van der Waals surface area contributed by atoms with Crippen molar-refractivity contribution in [2.45, 2.75) is 105 Å². The van der Waals surface area contributed by atoms with E-state index in [0.29, 0.717) is 11.2 Å². The summed E-state index contributed by atoms with van der Waals surface area (Å²) in [6, 6.07) is 0.0130. The number of carbonyl (C=O) groups is 1. The molecule has 0 radical (unpaired) electrons. The van der Waals surface area contributed by atoms with Crippen LogP contribution in [0.3, 0.4) is 0 Å². The summed E-state index contributed by atoms with van der Waals surface area (Å²) in [5, 5.41) is 3.59. The lowest BCUT2D eigenvalue weighted by Crippen LogP contribution is -2.51. The van der Waals surface area contributed by atoms with Crippen LogP contribution < -0.4 is 5.32 Å². The molecule has 2 heteroatoms. The lowest BCUT2D eigenvalue weighted by Gasteiger charge is -2.34. The minimum atomic E-state index is -0.255. The molecule has 2 saturated carbocycles. The number of Topliss-reactive ketones (excluding diaryl/α,β-unsaturated/α-hetero) is 1. The molecule has 0 aromatic heterocycles. The summed E-state index contributed by atoms with van der Waals surface area (Å²) < 4.78 is 0. The van der Waals surface area contributed by atoms with E-state index < -0.39 is 0 Å². The van der Waals surface area contributed by atoms with E-state index in [2.05, 4.69) is 26.1 Å². The fourth-order valence-corrected chi connectivity index (χ4v) is 4.43. The van der Waals surface area contributed by atoms with Crippen LogP contribution in [0.2, 0.25) is 0 Å². The Morgan fingerprint density at radius 3 is 2.05 bits per heavy atom. The van der Waals surface area contributed by atoms with Gasteiger partial charge in [0.2, 0.25) is 0 Å². The largest absolute Gasteiger partial charge is 0.303 e. The Labute approximate surface area is 138 Å². The van der Waals surface area contributed by atoms with Gasteiger partial charge in [-0.2, -0.15) is 0 Å². The SMILES string of the molecule is C.CC(C)(C)NC(CCC12CCC(CC1)C2)C(=O)C(C)(C)C. The Kier molecular flexibility index (Phi) is 5.93. The van der Waals surface area contributed by atoms with Gasteiger partial charge in [0.15, 0.2) is 5.78 Å². The van der Waals surface area contributed by atoms with Crippen molar-refractivity contribution in [1.29, 1.82) is 0 Å². The first kappa shape index (κ1) is 19.7. The topological polar surface area (TPSA) is 29.1 Å². The number of hydrogen-bond acceptors (Lipinski definition) is 2. The summed E-state index contributed by atoms with van der Waals surface area (Å²) in [7, 11) is 0. The zero-order valence-corrected chi connectivity index (χ0v) is 15.0. The van der Waals surface area contributed by atoms with Crippen LogP contribution in [0.5, 0.6) is 0 Å². The second-order valence-electron chi connectivity index (χ2n) is 9.75. The van der Waals surface area contributed by atoms with Crippen LogP contribution in [-0.4, -0.2) is 17.4 Å². The Balaban J connectivity index is 0.00000242. The van der Waals surface area contributed by atoms with E-state index in [0.717, 1.165) is 12.3 Å². The Hall–Kier alpha value is -0.370. The number of fused-ring (bicyclic) bond motifs is 2. The highest BCUT2D eigenvalue weighted by Gasteiger charge is 2.45. The normalized spacial score (nSPS) is 29.3. The van der Waals surface area contributed by atoms with Gasteiger partial charge in [-0.3, -0.25) is 4.79 Å². The van der Waals surface area contributed by atoms with E-state index in [1.165, 1.54) is 38.5 Å². The van der Waals surface area contributed by atoms with Crippen molar-refractivity contribution in [3.05, 3.63) is 0 Å². The molecule has 1 unspecified atom stereocenters. The highest BCUT2D eigenvalue weighted by Crippen LogP contribution is 2.56. The first-order valence-corrected chi connectivity index (χ1v) is 8.83. The summed E-state index contributed by atoms with van der Waals surface area (Å²) in [5.74, 6) is 1.37. The molecule has 0 amide bonds. The number of carbonyl (C=O) groups excluding carboxylic acids is 1. The Bertz CT molecular complexity index is 377. The maximum Gasteiger partial charge on any atom is 0.155 e. The van der Waals surface area contributed by atoms with Gasteiger partial charge >= 0.3 is 0 Å². The predicted octanol–water partition coefficient (Wildman–Crippen LogP) is 5.35. The molecular formula is C20H39NO. The number of nitrogens with one attached hydrogen (secondary N) is 1. The molecule has 22 heavy (non-hydrogen) atoms. The summed E-state index contributed by atoms with van der Waals surface area (Å²) in [5.41, 5.74) is 0.326. The highest BCUT2D eigenvalue weighted by atomic mass is 16.1. The lowest BCUT2D eigenvalue weighted by atomic mass is 9.76. The van der Waals surface area contributed by atoms with Gasteiger partial charge in [-0.15, -0.1) is 0 Å². The minimum Gasteiger partial charge on any atom is -0.303 e. The average Bonchev–Trinajstić information content (AvgIpc) is 2.91. The van der Waals surface area contributed by atoms with Crippen molar-refractivity contribution in [1.82, 2.24) is 5.32 Å². The van der Waals surface area contributed by atoms with Crippen LogP contribution in [0, 0.1) is 16.7 Å². The van der Waals surface area contributed by atoms with Crippen molar-refractivity contribution >= 4 is 5.78 Å². The molecule has 1 N–H and O–H groups in total. The number of ketones is 1. The minimum absolute atomic E-state index is 0. The Morgan fingerprint density at radius 2 is 1.68 bits per heavy atom. The van der Waals surface area contributed by atoms with Gasteiger partial charge in [-0.1, -0.05) is 28.2 Å². The molecule has 1 atom stereocenters. The van der Waals surface area contributed by atoms with Crippen LogP contribution in [0.25, 0.3) is 0 Å². The summed E-state index contributed by atoms with van der Waals surface area (Å²) >= 11 is 0. The second-order valence-corrected chi connectivity index (χ2v) is 9.75. The Morgan fingerprint density at radius 1 is 1.14 bits per heavy atom. The molecule has 2 aliphatic rings. The van der Waals surface area contributed by atoms with Crippen molar-refractivity contribution in [2.75, 3.05) is 0 Å². The van der Waals surface area contributed by atoms with Gasteiger partial charge in [0.1, 0.15) is 0 Å². The fourth-order valence-electron chi connectivity index (χ4n) is 4.43. The summed E-state index contributed by atoms with van der Waals surface area (Å²) in [6.07, 6.45) is 9.36. The first-order valence-electron chi connectivity index (χ1n) is 8.83. The fraction of sp³-hybridized carbons (Fsp3) is 0.950. The van der Waals surface area contributed by atoms with Crippen molar-refractivity contribution in [2.24, 2.45) is 16.7 Å². The van der Waals surface area contributed by atoms with Gasteiger partial charge < -0.3 is 5.32 Å². The number of hydrogen-bond donors (Lipinski definition) is 1. The van der Waals surface area contributed by atoms with Crippen molar-refractivity contribution in [3.8, 4) is 0 Å². The van der Waals surface area contributed by atoms with Gasteiger partial charge in [0.25, 0.3) is 0 Å². The van der Waals surface area contributed by atoms with Crippen LogP contribution in [0.15, 0.2) is 0 Å². The first-order chi connectivity index (χ1) is 9.51. The second kappa shape index (κ2) is 6.63. The van der Waals surface area contributed by atoms with E-state index in [4.69, 9.17) is 0 Å². The van der Waals surface area contributed by atoms with Gasteiger partial charge in [-0.05, 0) is 77.0 Å². The standard InChI is InChI=1S/C19H35NO.CH4/c1-17(2,3)16(21)15(20-18(4,5)6)9-12-19-10-7-14(13-19)8-11-19;/h14-15,20H,7-13H2,1-6H3;1H4. The third kappa shape index (κ3) is 4.81. The van der Waals surface area contributed by atoms with E-state index >= 15 is 0 Å². The zero-order chi connectivity index (χ0) is 15.9. The molecule has 2 nitrogen and oxygen atoms in total. The van der Waals surface area contributed by atoms with Gasteiger partial charge in [0.05, 0.1) is 6.04 Å². The molecule has 0 aliphatic heterocycles. The van der Waals surface area contributed by atoms with Crippen LogP contribution >= 0.6 is 0 Å². The van der Waals surface area contributed by atoms with E-state index in [1.54, 1.807) is 0 Å². The molecule has 2 bridgehead atoms. The van der Waals surface area contributed by atoms with Gasteiger partial charge in [-0.25, -0.2) is 0 Å². The summed E-state index contributed by atoms with van der Waals surface area (Å²) in [4.78, 5) is 12.8. The zero-order valence-electron chi connectivity index (χ0n) is 15.0. The third-order valence-corrected chi connectivity index (χ3v) is 5.51. The molecule has 2 fully saturated rings. The van der Waals surface area contributed by atoms with Crippen molar-refractivity contribution < 1.29 is 4.79 Å². The molecule has 2 aliphatic carbocycles. The molecular weight excluding hydrogens is 270 g/mol. The molecule has 0 spiro atoms. The highest BCUT2D eigenvalue weighted by molar-refractivity contribution is 5.88. The molecule has 130 valence electrons. The van der Waals surface area contributed by atoms with Crippen LogP contribution in [0.1, 0.15) is 93.9 Å². The van der Waals surface area contributed by atoms with Crippen LogP contribution in [0.4, 0.5) is 0 Å². The predicted molar refractivity (Wildman–Crippen MR) is 96.1 cm³/mol. The quantitative estimate of drug-likeness (QED) is 0.741. The van der Waals surface area contributed by atoms with Gasteiger partial charge in [0, 0.05) is 11.0 Å².